The molecule has 16 heavy (non-hydrogen) atoms. The normalized spacial score (nSPS) is 14.2. The first-order valence-corrected chi connectivity index (χ1v) is 6.34. The van der Waals surface area contributed by atoms with Crippen molar-refractivity contribution in [2.45, 2.75) is 41.0 Å². The summed E-state index contributed by atoms with van der Waals surface area (Å²) in [6.45, 7) is 11.3. The van der Waals surface area contributed by atoms with Gasteiger partial charge < -0.3 is 0 Å². The van der Waals surface area contributed by atoms with Gasteiger partial charge in [0.2, 0.25) is 0 Å². The molecule has 0 nitrogen and oxygen atoms in total. The Morgan fingerprint density at radius 2 is 1.88 bits per heavy atom. The van der Waals surface area contributed by atoms with E-state index >= 15 is 0 Å². The van der Waals surface area contributed by atoms with Crippen LogP contribution in [-0.4, -0.2) is 0 Å². The molecular formula is C16H24. The largest absolute Gasteiger partial charge is 0.0835 e. The summed E-state index contributed by atoms with van der Waals surface area (Å²) in [5, 5.41) is 0. The Labute approximate surface area is 100 Å². The molecule has 0 spiro atoms. The van der Waals surface area contributed by atoms with Crippen LogP contribution < -0.4 is 0 Å². The van der Waals surface area contributed by atoms with Crippen molar-refractivity contribution < 1.29 is 0 Å². The summed E-state index contributed by atoms with van der Waals surface area (Å²) in [6, 6.07) is 8.70. The van der Waals surface area contributed by atoms with Crippen LogP contribution in [0, 0.1) is 18.8 Å². The maximum atomic E-state index is 2.32. The van der Waals surface area contributed by atoms with Gasteiger partial charge in [-0.1, -0.05) is 51.1 Å². The topological polar surface area (TPSA) is 0 Å². The smallest absolute Gasteiger partial charge is 0.0139 e. The maximum Gasteiger partial charge on any atom is -0.0139 e. The van der Waals surface area contributed by atoms with Crippen molar-refractivity contribution >= 4 is 5.57 Å². The third-order valence-electron chi connectivity index (χ3n) is 3.41. The van der Waals surface area contributed by atoms with Crippen molar-refractivity contribution in [2.75, 3.05) is 0 Å². The third kappa shape index (κ3) is 2.75. The molecule has 0 heteroatoms. The highest BCUT2D eigenvalue weighted by Crippen LogP contribution is 2.33. The standard InChI is InChI=1S/C16H24/c1-6-14(12(3)4)15(7-2)16-11-9-8-10-13(16)5/h7-12,14H,6H2,1-5H3/b15-7-. The first-order chi connectivity index (χ1) is 7.61. The SMILES string of the molecule is C/C=C(\c1ccccc1C)C(CC)C(C)C. The van der Waals surface area contributed by atoms with Gasteiger partial charge >= 0.3 is 0 Å². The predicted octanol–water partition coefficient (Wildman–Crippen LogP) is 5.08. The Kier molecular flexibility index (Phi) is 4.79. The van der Waals surface area contributed by atoms with E-state index in [1.54, 1.807) is 0 Å². The van der Waals surface area contributed by atoms with Crippen LogP contribution in [0.5, 0.6) is 0 Å². The summed E-state index contributed by atoms with van der Waals surface area (Å²) in [4.78, 5) is 0. The Bertz CT molecular complexity index is 358. The van der Waals surface area contributed by atoms with E-state index in [0.29, 0.717) is 11.8 Å². The minimum absolute atomic E-state index is 0.672. The lowest BCUT2D eigenvalue weighted by atomic mass is 9.81. The van der Waals surface area contributed by atoms with Gasteiger partial charge in [0.15, 0.2) is 0 Å². The van der Waals surface area contributed by atoms with Crippen molar-refractivity contribution in [3.63, 3.8) is 0 Å². The number of benzene rings is 1. The molecule has 88 valence electrons. The van der Waals surface area contributed by atoms with E-state index in [4.69, 9.17) is 0 Å². The third-order valence-corrected chi connectivity index (χ3v) is 3.41. The van der Waals surface area contributed by atoms with Gasteiger partial charge in [-0.15, -0.1) is 0 Å². The summed E-state index contributed by atoms with van der Waals surface area (Å²) in [7, 11) is 0. The minimum Gasteiger partial charge on any atom is -0.0835 e. The van der Waals surface area contributed by atoms with E-state index in [2.05, 4.69) is 65.0 Å². The van der Waals surface area contributed by atoms with Gasteiger partial charge in [0, 0.05) is 0 Å². The number of allylic oxidation sites excluding steroid dienone is 2. The molecule has 0 saturated heterocycles. The monoisotopic (exact) mass is 216 g/mol. The average molecular weight is 216 g/mol. The van der Waals surface area contributed by atoms with Crippen molar-refractivity contribution in [1.82, 2.24) is 0 Å². The van der Waals surface area contributed by atoms with Crippen molar-refractivity contribution in [1.29, 1.82) is 0 Å². The van der Waals surface area contributed by atoms with Crippen LogP contribution in [0.2, 0.25) is 0 Å². The molecule has 0 fully saturated rings. The van der Waals surface area contributed by atoms with E-state index in [-0.39, 0.29) is 0 Å². The van der Waals surface area contributed by atoms with Crippen LogP contribution >= 0.6 is 0 Å². The van der Waals surface area contributed by atoms with Crippen LogP contribution in [0.15, 0.2) is 30.3 Å². The fourth-order valence-corrected chi connectivity index (χ4v) is 2.52. The molecule has 0 aliphatic rings. The second-order valence-electron chi connectivity index (χ2n) is 4.82. The van der Waals surface area contributed by atoms with Crippen molar-refractivity contribution in [3.05, 3.63) is 41.5 Å². The Balaban J connectivity index is 3.13. The molecule has 0 aromatic heterocycles. The molecule has 0 aliphatic heterocycles. The number of hydrogen-bond acceptors (Lipinski definition) is 0. The predicted molar refractivity (Wildman–Crippen MR) is 73.4 cm³/mol. The van der Waals surface area contributed by atoms with E-state index in [0.717, 1.165) is 0 Å². The summed E-state index contributed by atoms with van der Waals surface area (Å²) in [6.07, 6.45) is 3.50. The molecule has 0 amide bonds. The number of hydrogen-bond donors (Lipinski definition) is 0. The van der Waals surface area contributed by atoms with Crippen LogP contribution in [0.1, 0.15) is 45.2 Å². The van der Waals surface area contributed by atoms with Crippen LogP contribution in [0.4, 0.5) is 0 Å². The van der Waals surface area contributed by atoms with Crippen LogP contribution in [0.3, 0.4) is 0 Å². The number of aryl methyl sites for hydroxylation is 1. The van der Waals surface area contributed by atoms with Gasteiger partial charge in [0.05, 0.1) is 0 Å². The molecule has 1 atom stereocenters. The lowest BCUT2D eigenvalue weighted by Gasteiger charge is -2.24. The highest BCUT2D eigenvalue weighted by Gasteiger charge is 2.17. The van der Waals surface area contributed by atoms with E-state index in [1.807, 2.05) is 0 Å². The van der Waals surface area contributed by atoms with Gasteiger partial charge in [-0.25, -0.2) is 0 Å². The second kappa shape index (κ2) is 5.89. The highest BCUT2D eigenvalue weighted by atomic mass is 14.2. The summed E-state index contributed by atoms with van der Waals surface area (Å²) < 4.78 is 0. The van der Waals surface area contributed by atoms with Crippen molar-refractivity contribution in [3.8, 4) is 0 Å². The molecule has 1 aromatic carbocycles. The fraction of sp³-hybridized carbons (Fsp3) is 0.500. The van der Waals surface area contributed by atoms with Gasteiger partial charge in [0.25, 0.3) is 0 Å². The zero-order chi connectivity index (χ0) is 12.1. The quantitative estimate of drug-likeness (QED) is 0.658. The van der Waals surface area contributed by atoms with Crippen LogP contribution in [0.25, 0.3) is 5.57 Å². The Hall–Kier alpha value is -1.04. The van der Waals surface area contributed by atoms with Gasteiger partial charge in [-0.05, 0) is 48.8 Å². The van der Waals surface area contributed by atoms with Crippen LogP contribution in [-0.2, 0) is 0 Å². The molecule has 1 aromatic rings. The van der Waals surface area contributed by atoms with Gasteiger partial charge in [-0.2, -0.15) is 0 Å². The second-order valence-corrected chi connectivity index (χ2v) is 4.82. The van der Waals surface area contributed by atoms with E-state index in [1.165, 1.54) is 23.1 Å². The molecule has 0 radical (unpaired) electrons. The maximum absolute atomic E-state index is 2.32. The summed E-state index contributed by atoms with van der Waals surface area (Å²) in [5.41, 5.74) is 4.32. The first-order valence-electron chi connectivity index (χ1n) is 6.34. The molecule has 0 heterocycles. The summed E-state index contributed by atoms with van der Waals surface area (Å²) in [5.74, 6) is 1.38. The molecule has 0 aliphatic carbocycles. The van der Waals surface area contributed by atoms with Crippen molar-refractivity contribution in [2.24, 2.45) is 11.8 Å². The Morgan fingerprint density at radius 1 is 1.25 bits per heavy atom. The highest BCUT2D eigenvalue weighted by molar-refractivity contribution is 5.69. The molecule has 1 rings (SSSR count). The molecule has 1 unspecified atom stereocenters. The first kappa shape index (κ1) is 13.0. The molecule has 0 N–H and O–H groups in total. The molecular weight excluding hydrogens is 192 g/mol. The number of rotatable bonds is 4. The fourth-order valence-electron chi connectivity index (χ4n) is 2.52. The zero-order valence-electron chi connectivity index (χ0n) is 11.2. The zero-order valence-corrected chi connectivity index (χ0v) is 11.2. The lowest BCUT2D eigenvalue weighted by molar-refractivity contribution is 0.466. The minimum atomic E-state index is 0.672. The van der Waals surface area contributed by atoms with Gasteiger partial charge in [-0.3, -0.25) is 0 Å². The Morgan fingerprint density at radius 3 is 2.31 bits per heavy atom. The van der Waals surface area contributed by atoms with Gasteiger partial charge in [0.1, 0.15) is 0 Å². The summed E-state index contributed by atoms with van der Waals surface area (Å²) >= 11 is 0. The lowest BCUT2D eigenvalue weighted by Crippen LogP contribution is -2.10. The average Bonchev–Trinajstić information content (AvgIpc) is 2.26. The van der Waals surface area contributed by atoms with E-state index in [9.17, 15) is 0 Å². The molecule has 0 bridgehead atoms. The van der Waals surface area contributed by atoms with E-state index < -0.39 is 0 Å². The molecule has 0 saturated carbocycles.